The molecule has 1 rings (SSSR count). The van der Waals surface area contributed by atoms with Gasteiger partial charge >= 0.3 is 0 Å². The second-order valence-electron chi connectivity index (χ2n) is 4.77. The fourth-order valence-electron chi connectivity index (χ4n) is 1.87. The van der Waals surface area contributed by atoms with Crippen LogP contribution >= 0.6 is 11.8 Å². The van der Waals surface area contributed by atoms with Crippen LogP contribution in [0.15, 0.2) is 18.2 Å². The van der Waals surface area contributed by atoms with Crippen LogP contribution in [-0.4, -0.2) is 42.0 Å². The molecule has 0 heterocycles. The van der Waals surface area contributed by atoms with Crippen molar-refractivity contribution >= 4 is 23.1 Å². The molecule has 1 N–H and O–H groups in total. The maximum absolute atomic E-state index is 11.1. The van der Waals surface area contributed by atoms with E-state index in [1.54, 1.807) is 17.8 Å². The first-order chi connectivity index (χ1) is 9.58. The Morgan fingerprint density at radius 2 is 2.20 bits per heavy atom. The number of nitro benzene ring substituents is 1. The topological polar surface area (TPSA) is 58.4 Å². The quantitative estimate of drug-likeness (QED) is 0.560. The van der Waals surface area contributed by atoms with E-state index in [1.807, 2.05) is 26.1 Å². The smallest absolute Gasteiger partial charge is 0.292 e. The van der Waals surface area contributed by atoms with Crippen molar-refractivity contribution in [1.82, 2.24) is 4.90 Å². The molecule has 1 aromatic carbocycles. The van der Waals surface area contributed by atoms with Crippen molar-refractivity contribution < 1.29 is 4.92 Å². The molecule has 5 nitrogen and oxygen atoms in total. The third-order valence-corrected chi connectivity index (χ3v) is 3.54. The first-order valence-corrected chi connectivity index (χ1v) is 8.16. The minimum Gasteiger partial charge on any atom is -0.380 e. The van der Waals surface area contributed by atoms with Crippen molar-refractivity contribution in [3.8, 4) is 0 Å². The molecule has 0 aliphatic carbocycles. The number of nitro groups is 1. The number of hydrogen-bond acceptors (Lipinski definition) is 5. The lowest BCUT2D eigenvalue weighted by molar-refractivity contribution is -0.384. The first-order valence-electron chi connectivity index (χ1n) is 6.77. The lowest BCUT2D eigenvalue weighted by Crippen LogP contribution is -2.20. The second kappa shape index (κ2) is 8.81. The number of nitrogens with zero attached hydrogens (tertiary/aromatic N) is 2. The predicted octanol–water partition coefficient (Wildman–Crippen LogP) is 3.21. The lowest BCUT2D eigenvalue weighted by atomic mass is 10.1. The van der Waals surface area contributed by atoms with E-state index < -0.39 is 0 Å². The Hall–Kier alpha value is -1.27. The highest BCUT2D eigenvalue weighted by Crippen LogP contribution is 2.26. The third-order valence-electron chi connectivity index (χ3n) is 2.95. The van der Waals surface area contributed by atoms with Crippen LogP contribution in [0.5, 0.6) is 0 Å². The zero-order valence-corrected chi connectivity index (χ0v) is 13.2. The molecule has 0 aliphatic heterocycles. The summed E-state index contributed by atoms with van der Waals surface area (Å²) in [6, 6.07) is 5.44. The number of benzene rings is 1. The SMILES string of the molecule is CCCNc1ccc(CN(C)CCSC)cc1[N+](=O)[O-]. The molecule has 20 heavy (non-hydrogen) atoms. The normalized spacial score (nSPS) is 10.8. The highest BCUT2D eigenvalue weighted by atomic mass is 32.2. The third kappa shape index (κ3) is 5.38. The summed E-state index contributed by atoms with van der Waals surface area (Å²) in [5, 5.41) is 14.2. The Bertz CT molecular complexity index is 440. The summed E-state index contributed by atoms with van der Waals surface area (Å²) in [5.74, 6) is 1.06. The second-order valence-corrected chi connectivity index (χ2v) is 5.75. The maximum Gasteiger partial charge on any atom is 0.292 e. The zero-order chi connectivity index (χ0) is 15.0. The van der Waals surface area contributed by atoms with Crippen molar-refractivity contribution in [2.75, 3.05) is 37.5 Å². The monoisotopic (exact) mass is 297 g/mol. The summed E-state index contributed by atoms with van der Waals surface area (Å²) in [6.07, 6.45) is 3.02. The van der Waals surface area contributed by atoms with Crippen LogP contribution < -0.4 is 5.32 Å². The van der Waals surface area contributed by atoms with Crippen LogP contribution in [0.25, 0.3) is 0 Å². The van der Waals surface area contributed by atoms with E-state index in [9.17, 15) is 10.1 Å². The first kappa shape index (κ1) is 16.8. The van der Waals surface area contributed by atoms with Gasteiger partial charge in [-0.05, 0) is 31.4 Å². The minimum absolute atomic E-state index is 0.161. The van der Waals surface area contributed by atoms with Crippen LogP contribution in [-0.2, 0) is 6.54 Å². The van der Waals surface area contributed by atoms with Gasteiger partial charge in [-0.1, -0.05) is 13.0 Å². The highest BCUT2D eigenvalue weighted by molar-refractivity contribution is 7.98. The van der Waals surface area contributed by atoms with Crippen molar-refractivity contribution in [3.63, 3.8) is 0 Å². The van der Waals surface area contributed by atoms with Gasteiger partial charge in [0.15, 0.2) is 0 Å². The van der Waals surface area contributed by atoms with Gasteiger partial charge in [-0.25, -0.2) is 0 Å². The van der Waals surface area contributed by atoms with Gasteiger partial charge in [-0.2, -0.15) is 11.8 Å². The van der Waals surface area contributed by atoms with Crippen LogP contribution in [0.3, 0.4) is 0 Å². The number of rotatable bonds is 9. The Balaban J connectivity index is 2.79. The molecular formula is C14H23N3O2S. The van der Waals surface area contributed by atoms with Crippen LogP contribution in [0, 0.1) is 10.1 Å². The fraction of sp³-hybridized carbons (Fsp3) is 0.571. The van der Waals surface area contributed by atoms with Crippen LogP contribution in [0.2, 0.25) is 0 Å². The molecule has 0 fully saturated rings. The Morgan fingerprint density at radius 1 is 1.45 bits per heavy atom. The minimum atomic E-state index is -0.316. The molecular weight excluding hydrogens is 274 g/mol. The molecule has 0 amide bonds. The maximum atomic E-state index is 11.1. The van der Waals surface area contributed by atoms with Crippen molar-refractivity contribution in [2.45, 2.75) is 19.9 Å². The number of anilines is 1. The summed E-state index contributed by atoms with van der Waals surface area (Å²) >= 11 is 1.80. The van der Waals surface area contributed by atoms with Crippen molar-refractivity contribution in [2.24, 2.45) is 0 Å². The summed E-state index contributed by atoms with van der Waals surface area (Å²) in [5.41, 5.74) is 1.74. The van der Waals surface area contributed by atoms with Crippen molar-refractivity contribution in [3.05, 3.63) is 33.9 Å². The fourth-order valence-corrected chi connectivity index (χ4v) is 2.37. The Kier molecular flexibility index (Phi) is 7.40. The van der Waals surface area contributed by atoms with E-state index in [0.717, 1.165) is 37.4 Å². The Morgan fingerprint density at radius 3 is 2.80 bits per heavy atom. The van der Waals surface area contributed by atoms with E-state index >= 15 is 0 Å². The Labute approximate surface area is 124 Å². The van der Waals surface area contributed by atoms with Gasteiger partial charge in [0.05, 0.1) is 4.92 Å². The zero-order valence-electron chi connectivity index (χ0n) is 12.4. The number of thioether (sulfide) groups is 1. The van der Waals surface area contributed by atoms with Crippen LogP contribution in [0.1, 0.15) is 18.9 Å². The van der Waals surface area contributed by atoms with Crippen molar-refractivity contribution in [1.29, 1.82) is 0 Å². The molecule has 0 atom stereocenters. The molecule has 0 bridgehead atoms. The molecule has 0 aromatic heterocycles. The molecule has 0 saturated heterocycles. The molecule has 0 aliphatic rings. The standard InChI is InChI=1S/C14H23N3O2S/c1-4-7-15-13-6-5-12(10-14(13)17(18)19)11-16(2)8-9-20-3/h5-6,10,15H,4,7-9,11H2,1-3H3. The van der Waals surface area contributed by atoms with Gasteiger partial charge in [0.25, 0.3) is 5.69 Å². The van der Waals surface area contributed by atoms with E-state index in [4.69, 9.17) is 0 Å². The average Bonchev–Trinajstić information content (AvgIpc) is 2.43. The molecule has 0 spiro atoms. The van der Waals surface area contributed by atoms with Gasteiger partial charge < -0.3 is 10.2 Å². The van der Waals surface area contributed by atoms with E-state index in [1.165, 1.54) is 0 Å². The highest BCUT2D eigenvalue weighted by Gasteiger charge is 2.14. The predicted molar refractivity (Wildman–Crippen MR) is 86.6 cm³/mol. The molecule has 6 heteroatoms. The van der Waals surface area contributed by atoms with Gasteiger partial charge in [-0.15, -0.1) is 0 Å². The molecule has 0 unspecified atom stereocenters. The van der Waals surface area contributed by atoms with Crippen LogP contribution in [0.4, 0.5) is 11.4 Å². The number of hydrogen-bond donors (Lipinski definition) is 1. The molecule has 0 radical (unpaired) electrons. The summed E-state index contributed by atoms with van der Waals surface area (Å²) in [4.78, 5) is 13.0. The molecule has 0 saturated carbocycles. The lowest BCUT2D eigenvalue weighted by Gasteiger charge is -2.16. The number of nitrogens with one attached hydrogen (secondary N) is 1. The van der Waals surface area contributed by atoms with Gasteiger partial charge in [-0.3, -0.25) is 10.1 Å². The largest absolute Gasteiger partial charge is 0.380 e. The van der Waals surface area contributed by atoms with E-state index in [-0.39, 0.29) is 10.6 Å². The van der Waals surface area contributed by atoms with E-state index in [0.29, 0.717) is 5.69 Å². The average molecular weight is 297 g/mol. The van der Waals surface area contributed by atoms with Gasteiger partial charge in [0.1, 0.15) is 5.69 Å². The van der Waals surface area contributed by atoms with E-state index in [2.05, 4.69) is 16.5 Å². The molecule has 112 valence electrons. The molecule has 1 aromatic rings. The van der Waals surface area contributed by atoms with Gasteiger partial charge in [0.2, 0.25) is 0 Å². The van der Waals surface area contributed by atoms with Gasteiger partial charge in [0, 0.05) is 31.5 Å². The summed E-state index contributed by atoms with van der Waals surface area (Å²) in [6.45, 7) is 4.49. The summed E-state index contributed by atoms with van der Waals surface area (Å²) in [7, 11) is 2.03. The summed E-state index contributed by atoms with van der Waals surface area (Å²) < 4.78 is 0.